The molecule has 1 N–H and O–H groups in total. The molecule has 1 aliphatic rings. The Morgan fingerprint density at radius 2 is 1.92 bits per heavy atom. The number of carbonyl (C=O) groups excluding carboxylic acids is 2. The molecule has 0 spiro atoms. The highest BCUT2D eigenvalue weighted by molar-refractivity contribution is 5.90. The van der Waals surface area contributed by atoms with Crippen LogP contribution >= 0.6 is 0 Å². The summed E-state index contributed by atoms with van der Waals surface area (Å²) in [5.74, 6) is 0.703. The van der Waals surface area contributed by atoms with E-state index in [0.717, 1.165) is 49.6 Å². The maximum Gasteiger partial charge on any atom is 0.247 e. The molecule has 0 unspecified atom stereocenters. The number of benzene rings is 2. The summed E-state index contributed by atoms with van der Waals surface area (Å²) in [7, 11) is 3.14. The van der Waals surface area contributed by atoms with Gasteiger partial charge in [0, 0.05) is 18.2 Å². The number of carbonyl (C=O) groups is 2. The van der Waals surface area contributed by atoms with Crippen molar-refractivity contribution in [2.75, 3.05) is 20.8 Å². The van der Waals surface area contributed by atoms with Crippen LogP contribution < -0.4 is 14.8 Å². The van der Waals surface area contributed by atoms with Gasteiger partial charge < -0.3 is 19.7 Å². The molecule has 0 radical (unpaired) electrons. The normalized spacial score (nSPS) is 14.5. The van der Waals surface area contributed by atoms with Crippen LogP contribution in [-0.4, -0.2) is 58.5 Å². The van der Waals surface area contributed by atoms with Gasteiger partial charge in [0.2, 0.25) is 11.8 Å². The van der Waals surface area contributed by atoms with Crippen LogP contribution in [0.2, 0.25) is 0 Å². The fourth-order valence-electron chi connectivity index (χ4n) is 4.83. The lowest BCUT2D eigenvalue weighted by Gasteiger charge is -2.33. The van der Waals surface area contributed by atoms with Gasteiger partial charge in [-0.2, -0.15) is 0 Å². The Labute approximate surface area is 211 Å². The summed E-state index contributed by atoms with van der Waals surface area (Å²) in [6, 6.07) is 12.1. The third-order valence-electron chi connectivity index (χ3n) is 6.77. The zero-order valence-corrected chi connectivity index (χ0v) is 21.3. The first-order valence-corrected chi connectivity index (χ1v) is 12.7. The number of ether oxygens (including phenoxy) is 2. The van der Waals surface area contributed by atoms with Gasteiger partial charge in [-0.1, -0.05) is 43.5 Å². The Balaban J connectivity index is 1.73. The van der Waals surface area contributed by atoms with E-state index in [2.05, 4.69) is 22.6 Å². The quantitative estimate of drug-likeness (QED) is 0.435. The third-order valence-corrected chi connectivity index (χ3v) is 6.77. The van der Waals surface area contributed by atoms with Crippen LogP contribution in [0.3, 0.4) is 0 Å². The summed E-state index contributed by atoms with van der Waals surface area (Å²) in [6.07, 6.45) is 5.71. The van der Waals surface area contributed by atoms with E-state index in [1.54, 1.807) is 42.0 Å². The standard InChI is InChI=1S/C27H35N5O4/c1-4-5-16-31(25(33)18-32-23-13-9-8-12-22(23)29-30-32)26(27(34)28-19-10-6-7-11-19)21-17-20(35-2)14-15-24(21)36-3/h8-9,12-15,17,19,26H,4-7,10-11,16,18H2,1-3H3,(H,28,34)/t26-/m1/s1. The van der Waals surface area contributed by atoms with E-state index in [9.17, 15) is 9.59 Å². The van der Waals surface area contributed by atoms with Crippen molar-refractivity contribution in [3.8, 4) is 11.5 Å². The Morgan fingerprint density at radius 1 is 1.14 bits per heavy atom. The number of hydrogen-bond donors (Lipinski definition) is 1. The lowest BCUT2D eigenvalue weighted by atomic mass is 10.0. The van der Waals surface area contributed by atoms with Gasteiger partial charge in [-0.15, -0.1) is 5.10 Å². The Hall–Kier alpha value is -3.62. The molecule has 1 heterocycles. The van der Waals surface area contributed by atoms with Crippen molar-refractivity contribution in [2.24, 2.45) is 0 Å². The van der Waals surface area contributed by atoms with Crippen LogP contribution in [0.15, 0.2) is 42.5 Å². The fourth-order valence-corrected chi connectivity index (χ4v) is 4.83. The van der Waals surface area contributed by atoms with E-state index in [4.69, 9.17) is 9.47 Å². The molecule has 2 amide bonds. The molecular weight excluding hydrogens is 458 g/mol. The number of nitrogens with one attached hydrogen (secondary N) is 1. The van der Waals surface area contributed by atoms with Crippen molar-refractivity contribution in [3.63, 3.8) is 0 Å². The Bertz CT molecular complexity index is 1190. The number of methoxy groups -OCH3 is 2. The molecule has 1 aliphatic carbocycles. The second-order valence-electron chi connectivity index (χ2n) is 9.18. The van der Waals surface area contributed by atoms with Gasteiger partial charge in [0.05, 0.1) is 19.7 Å². The maximum atomic E-state index is 13.9. The van der Waals surface area contributed by atoms with Gasteiger partial charge in [-0.25, -0.2) is 4.68 Å². The van der Waals surface area contributed by atoms with Crippen molar-refractivity contribution in [3.05, 3.63) is 48.0 Å². The van der Waals surface area contributed by atoms with Gasteiger partial charge in [0.25, 0.3) is 0 Å². The van der Waals surface area contributed by atoms with E-state index in [1.165, 1.54) is 0 Å². The minimum atomic E-state index is -0.871. The lowest BCUT2D eigenvalue weighted by Crippen LogP contribution is -2.47. The zero-order valence-electron chi connectivity index (χ0n) is 21.3. The molecule has 3 aromatic rings. The van der Waals surface area contributed by atoms with Crippen molar-refractivity contribution >= 4 is 22.8 Å². The summed E-state index contributed by atoms with van der Waals surface area (Å²) < 4.78 is 12.7. The molecule has 9 heteroatoms. The molecule has 9 nitrogen and oxygen atoms in total. The van der Waals surface area contributed by atoms with E-state index in [1.807, 2.05) is 24.3 Å². The van der Waals surface area contributed by atoms with Gasteiger partial charge in [-0.3, -0.25) is 9.59 Å². The smallest absolute Gasteiger partial charge is 0.247 e. The second kappa shape index (κ2) is 11.9. The first kappa shape index (κ1) is 25.5. The van der Waals surface area contributed by atoms with Crippen LogP contribution in [-0.2, 0) is 16.1 Å². The van der Waals surface area contributed by atoms with Crippen LogP contribution in [0.25, 0.3) is 11.0 Å². The first-order valence-electron chi connectivity index (χ1n) is 12.7. The zero-order chi connectivity index (χ0) is 25.5. The van der Waals surface area contributed by atoms with Gasteiger partial charge in [0.15, 0.2) is 0 Å². The molecule has 0 aliphatic heterocycles. The molecule has 1 aromatic heterocycles. The Morgan fingerprint density at radius 3 is 2.64 bits per heavy atom. The monoisotopic (exact) mass is 493 g/mol. The number of aromatic nitrogens is 3. The number of hydrogen-bond acceptors (Lipinski definition) is 6. The predicted octanol–water partition coefficient (Wildman–Crippen LogP) is 3.88. The number of unbranched alkanes of at least 4 members (excludes halogenated alkanes) is 1. The maximum absolute atomic E-state index is 13.9. The number of para-hydroxylation sites is 1. The van der Waals surface area contributed by atoms with E-state index >= 15 is 0 Å². The molecule has 0 bridgehead atoms. The van der Waals surface area contributed by atoms with Crippen molar-refractivity contribution in [1.29, 1.82) is 0 Å². The molecule has 36 heavy (non-hydrogen) atoms. The summed E-state index contributed by atoms with van der Waals surface area (Å²) in [5.41, 5.74) is 2.09. The highest BCUT2D eigenvalue weighted by Crippen LogP contribution is 2.34. The number of amides is 2. The predicted molar refractivity (Wildman–Crippen MR) is 137 cm³/mol. The van der Waals surface area contributed by atoms with Gasteiger partial charge in [-0.05, 0) is 49.6 Å². The van der Waals surface area contributed by atoms with E-state index < -0.39 is 6.04 Å². The highest BCUT2D eigenvalue weighted by atomic mass is 16.5. The van der Waals surface area contributed by atoms with Crippen LogP contribution in [0.5, 0.6) is 11.5 Å². The molecule has 1 fully saturated rings. The molecule has 192 valence electrons. The molecule has 1 saturated carbocycles. The van der Waals surface area contributed by atoms with Crippen molar-refractivity contribution in [2.45, 2.75) is 64.1 Å². The molecule has 0 saturated heterocycles. The topological polar surface area (TPSA) is 98.6 Å². The second-order valence-corrected chi connectivity index (χ2v) is 9.18. The summed E-state index contributed by atoms with van der Waals surface area (Å²) in [6.45, 7) is 2.46. The number of nitrogens with zero attached hydrogens (tertiary/aromatic N) is 4. The van der Waals surface area contributed by atoms with Crippen molar-refractivity contribution < 1.29 is 19.1 Å². The minimum Gasteiger partial charge on any atom is -0.497 e. The van der Waals surface area contributed by atoms with Crippen molar-refractivity contribution in [1.82, 2.24) is 25.2 Å². The number of rotatable bonds is 11. The molecule has 1 atom stereocenters. The summed E-state index contributed by atoms with van der Waals surface area (Å²) in [5, 5.41) is 11.6. The highest BCUT2D eigenvalue weighted by Gasteiger charge is 2.35. The van der Waals surface area contributed by atoms with Gasteiger partial charge >= 0.3 is 0 Å². The fraction of sp³-hybridized carbons (Fsp3) is 0.481. The minimum absolute atomic E-state index is 0.0241. The molecule has 4 rings (SSSR count). The third kappa shape index (κ3) is 5.61. The van der Waals surface area contributed by atoms with Crippen LogP contribution in [0.1, 0.15) is 57.1 Å². The van der Waals surface area contributed by atoms with E-state index in [0.29, 0.717) is 23.6 Å². The van der Waals surface area contributed by atoms with Crippen LogP contribution in [0.4, 0.5) is 0 Å². The number of fused-ring (bicyclic) bond motifs is 1. The molecular formula is C27H35N5O4. The largest absolute Gasteiger partial charge is 0.497 e. The first-order chi connectivity index (χ1) is 17.5. The Kier molecular flexibility index (Phi) is 8.40. The lowest BCUT2D eigenvalue weighted by molar-refractivity contribution is -0.142. The summed E-state index contributed by atoms with van der Waals surface area (Å²) >= 11 is 0. The van der Waals surface area contributed by atoms with E-state index in [-0.39, 0.29) is 24.4 Å². The SMILES string of the molecule is CCCCN(C(=O)Cn1nnc2ccccc21)[C@@H](C(=O)NC1CCCC1)c1cc(OC)ccc1OC. The average molecular weight is 494 g/mol. The molecule has 2 aromatic carbocycles. The van der Waals surface area contributed by atoms with Crippen LogP contribution in [0, 0.1) is 0 Å². The van der Waals surface area contributed by atoms with Gasteiger partial charge in [0.1, 0.15) is 29.6 Å². The average Bonchev–Trinajstić information content (AvgIpc) is 3.56. The summed E-state index contributed by atoms with van der Waals surface area (Å²) in [4.78, 5) is 29.4.